The Bertz CT molecular complexity index is 459. The highest BCUT2D eigenvalue weighted by atomic mass is 15.2. The third kappa shape index (κ3) is 4.76. The van der Waals surface area contributed by atoms with Crippen LogP contribution in [0.5, 0.6) is 0 Å². The average molecular weight is 291 g/mol. The summed E-state index contributed by atoms with van der Waals surface area (Å²) in [7, 11) is 0. The molecule has 1 heterocycles. The van der Waals surface area contributed by atoms with E-state index in [0.29, 0.717) is 11.5 Å². The van der Waals surface area contributed by atoms with Crippen LogP contribution in [0.4, 0.5) is 5.95 Å². The fourth-order valence-electron chi connectivity index (χ4n) is 3.92. The maximum absolute atomic E-state index is 4.75. The van der Waals surface area contributed by atoms with Gasteiger partial charge < -0.3 is 9.88 Å². The van der Waals surface area contributed by atoms with Gasteiger partial charge in [-0.15, -0.1) is 0 Å². The van der Waals surface area contributed by atoms with Crippen molar-refractivity contribution in [2.45, 2.75) is 91.6 Å². The zero-order chi connectivity index (χ0) is 15.7. The fraction of sp³-hybridized carbons (Fsp3) is 0.833. The molecular weight excluding hydrogens is 258 g/mol. The van der Waals surface area contributed by atoms with Crippen LogP contribution in [0.3, 0.4) is 0 Å². The fourth-order valence-corrected chi connectivity index (χ4v) is 3.92. The van der Waals surface area contributed by atoms with E-state index in [4.69, 9.17) is 4.98 Å². The van der Waals surface area contributed by atoms with Crippen LogP contribution in [0.2, 0.25) is 0 Å². The Labute approximate surface area is 130 Å². The molecule has 0 unspecified atom stereocenters. The molecule has 0 bridgehead atoms. The van der Waals surface area contributed by atoms with Gasteiger partial charge in [0.1, 0.15) is 0 Å². The van der Waals surface area contributed by atoms with Crippen molar-refractivity contribution in [1.82, 2.24) is 9.55 Å². The molecule has 0 aliphatic heterocycles. The third-order valence-electron chi connectivity index (χ3n) is 4.24. The predicted molar refractivity (Wildman–Crippen MR) is 90.9 cm³/mol. The van der Waals surface area contributed by atoms with Gasteiger partial charge in [-0.1, -0.05) is 40.0 Å². The van der Waals surface area contributed by atoms with E-state index >= 15 is 0 Å². The highest BCUT2D eigenvalue weighted by Crippen LogP contribution is 2.33. The van der Waals surface area contributed by atoms with E-state index in [-0.39, 0.29) is 5.54 Å². The van der Waals surface area contributed by atoms with E-state index in [1.807, 2.05) is 0 Å². The summed E-state index contributed by atoms with van der Waals surface area (Å²) < 4.78 is 2.40. The smallest absolute Gasteiger partial charge is 0.203 e. The molecule has 0 amide bonds. The van der Waals surface area contributed by atoms with Crippen LogP contribution in [0.25, 0.3) is 0 Å². The molecule has 0 spiro atoms. The highest BCUT2D eigenvalue weighted by Gasteiger charge is 2.28. The first kappa shape index (κ1) is 16.4. The Morgan fingerprint density at radius 1 is 1.14 bits per heavy atom. The number of aromatic nitrogens is 2. The molecule has 1 saturated carbocycles. The van der Waals surface area contributed by atoms with Gasteiger partial charge in [0, 0.05) is 17.8 Å². The quantitative estimate of drug-likeness (QED) is 0.813. The lowest BCUT2D eigenvalue weighted by Gasteiger charge is -2.35. The standard InChI is InChI=1S/C18H33N3/c1-14-12-21(15-10-8-7-9-11-15)16(19-14)20-18(5,6)13-17(2,3)4/h12,15H,7-11,13H2,1-6H3,(H,19,20). The van der Waals surface area contributed by atoms with E-state index in [1.165, 1.54) is 32.1 Å². The molecule has 1 fully saturated rings. The van der Waals surface area contributed by atoms with Crippen molar-refractivity contribution >= 4 is 5.95 Å². The van der Waals surface area contributed by atoms with Crippen molar-refractivity contribution in [3.05, 3.63) is 11.9 Å². The van der Waals surface area contributed by atoms with Crippen molar-refractivity contribution in [1.29, 1.82) is 0 Å². The van der Waals surface area contributed by atoms with Gasteiger partial charge in [0.05, 0.1) is 5.69 Å². The minimum Gasteiger partial charge on any atom is -0.351 e. The summed E-state index contributed by atoms with van der Waals surface area (Å²) in [4.78, 5) is 4.75. The lowest BCUT2D eigenvalue weighted by Crippen LogP contribution is -2.36. The molecule has 1 aromatic rings. The van der Waals surface area contributed by atoms with Crippen LogP contribution in [0.15, 0.2) is 6.20 Å². The number of anilines is 1. The van der Waals surface area contributed by atoms with Crippen molar-refractivity contribution in [2.75, 3.05) is 5.32 Å². The van der Waals surface area contributed by atoms with Gasteiger partial charge in [-0.2, -0.15) is 0 Å². The third-order valence-corrected chi connectivity index (χ3v) is 4.24. The monoisotopic (exact) mass is 291 g/mol. The summed E-state index contributed by atoms with van der Waals surface area (Å²) in [5.74, 6) is 1.06. The lowest BCUT2D eigenvalue weighted by atomic mass is 9.82. The molecule has 1 aromatic heterocycles. The van der Waals surface area contributed by atoms with Crippen LogP contribution >= 0.6 is 0 Å². The summed E-state index contributed by atoms with van der Waals surface area (Å²) in [5.41, 5.74) is 1.49. The van der Waals surface area contributed by atoms with E-state index in [9.17, 15) is 0 Å². The zero-order valence-corrected chi connectivity index (χ0v) is 14.8. The maximum Gasteiger partial charge on any atom is 0.203 e. The Hall–Kier alpha value is -0.990. The van der Waals surface area contributed by atoms with Gasteiger partial charge in [-0.25, -0.2) is 4.98 Å². The molecule has 0 radical (unpaired) electrons. The van der Waals surface area contributed by atoms with Crippen molar-refractivity contribution < 1.29 is 0 Å². The Balaban J connectivity index is 2.16. The molecule has 3 nitrogen and oxygen atoms in total. The Morgan fingerprint density at radius 3 is 2.33 bits per heavy atom. The second-order valence-electron chi connectivity index (χ2n) is 8.65. The summed E-state index contributed by atoms with van der Waals surface area (Å²) in [5, 5.41) is 3.71. The topological polar surface area (TPSA) is 29.9 Å². The summed E-state index contributed by atoms with van der Waals surface area (Å²) in [6.45, 7) is 13.6. The molecule has 0 aromatic carbocycles. The van der Waals surface area contributed by atoms with E-state index in [1.54, 1.807) is 0 Å². The summed E-state index contributed by atoms with van der Waals surface area (Å²) in [6.07, 6.45) is 10.0. The van der Waals surface area contributed by atoms with Crippen LogP contribution in [-0.4, -0.2) is 15.1 Å². The lowest BCUT2D eigenvalue weighted by molar-refractivity contribution is 0.298. The van der Waals surface area contributed by atoms with Gasteiger partial charge in [0.15, 0.2) is 0 Å². The second-order valence-corrected chi connectivity index (χ2v) is 8.65. The Kier molecular flexibility index (Phi) is 4.69. The van der Waals surface area contributed by atoms with Crippen molar-refractivity contribution in [2.24, 2.45) is 5.41 Å². The van der Waals surface area contributed by atoms with Gasteiger partial charge >= 0.3 is 0 Å². The van der Waals surface area contributed by atoms with Crippen LogP contribution < -0.4 is 5.32 Å². The van der Waals surface area contributed by atoms with Crippen LogP contribution in [-0.2, 0) is 0 Å². The number of nitrogens with one attached hydrogen (secondary N) is 1. The van der Waals surface area contributed by atoms with Gasteiger partial charge in [0.2, 0.25) is 5.95 Å². The number of imidazole rings is 1. The van der Waals surface area contributed by atoms with Crippen molar-refractivity contribution in [3.63, 3.8) is 0 Å². The largest absolute Gasteiger partial charge is 0.351 e. The van der Waals surface area contributed by atoms with Gasteiger partial charge in [0.25, 0.3) is 0 Å². The predicted octanol–water partition coefficient (Wildman–Crippen LogP) is 5.32. The van der Waals surface area contributed by atoms with Crippen LogP contribution in [0, 0.1) is 12.3 Å². The molecule has 2 rings (SSSR count). The normalized spacial score (nSPS) is 18.0. The number of hydrogen-bond acceptors (Lipinski definition) is 2. The summed E-state index contributed by atoms with van der Waals surface area (Å²) >= 11 is 0. The molecule has 0 atom stereocenters. The molecule has 21 heavy (non-hydrogen) atoms. The molecule has 1 aliphatic rings. The second kappa shape index (κ2) is 6.02. The molecule has 3 heteroatoms. The first-order valence-electron chi connectivity index (χ1n) is 8.50. The van der Waals surface area contributed by atoms with E-state index in [2.05, 4.69) is 57.6 Å². The first-order valence-corrected chi connectivity index (χ1v) is 8.50. The number of nitrogens with zero attached hydrogens (tertiary/aromatic N) is 2. The van der Waals surface area contributed by atoms with Gasteiger partial charge in [-0.3, -0.25) is 0 Å². The van der Waals surface area contributed by atoms with E-state index < -0.39 is 0 Å². The van der Waals surface area contributed by atoms with Crippen molar-refractivity contribution in [3.8, 4) is 0 Å². The number of rotatable bonds is 4. The minimum absolute atomic E-state index is 0.0580. The molecule has 0 saturated heterocycles. The number of aryl methyl sites for hydroxylation is 1. The van der Waals surface area contributed by atoms with E-state index in [0.717, 1.165) is 18.1 Å². The zero-order valence-electron chi connectivity index (χ0n) is 14.8. The van der Waals surface area contributed by atoms with Gasteiger partial charge in [-0.05, 0) is 45.4 Å². The maximum atomic E-state index is 4.75. The minimum atomic E-state index is 0.0580. The number of hydrogen-bond donors (Lipinski definition) is 1. The Morgan fingerprint density at radius 2 is 1.76 bits per heavy atom. The molecule has 1 N–H and O–H groups in total. The van der Waals surface area contributed by atoms with Crippen LogP contribution in [0.1, 0.15) is 84.9 Å². The molecular formula is C18H33N3. The average Bonchev–Trinajstić information content (AvgIpc) is 2.67. The first-order chi connectivity index (χ1) is 9.66. The molecule has 120 valence electrons. The highest BCUT2D eigenvalue weighted by molar-refractivity contribution is 5.33. The molecule has 1 aliphatic carbocycles. The SMILES string of the molecule is Cc1cn(C2CCCCC2)c(NC(C)(C)CC(C)(C)C)n1. The summed E-state index contributed by atoms with van der Waals surface area (Å²) in [6, 6.07) is 0.632.